The van der Waals surface area contributed by atoms with Crippen LogP contribution in [0, 0.1) is 11.8 Å². The molecule has 0 bridgehead atoms. The van der Waals surface area contributed by atoms with E-state index in [4.69, 9.17) is 14.9 Å². The topological polar surface area (TPSA) is 180 Å². The van der Waals surface area contributed by atoms with Gasteiger partial charge >= 0.3 is 0 Å². The number of benzene rings is 2. The molecule has 1 saturated carbocycles. The molecule has 45 heavy (non-hydrogen) atoms. The molecule has 1 fully saturated rings. The summed E-state index contributed by atoms with van der Waals surface area (Å²) in [6.45, 7) is 0. The molecular weight excluding hydrogens is 580 g/mol. The van der Waals surface area contributed by atoms with Gasteiger partial charge in [0.15, 0.2) is 17.0 Å². The number of anilines is 1. The Kier molecular flexibility index (Phi) is 7.09. The van der Waals surface area contributed by atoms with Gasteiger partial charge in [0, 0.05) is 37.3 Å². The van der Waals surface area contributed by atoms with Crippen molar-refractivity contribution in [1.29, 1.82) is 0 Å². The second-order valence-corrected chi connectivity index (χ2v) is 12.1. The summed E-state index contributed by atoms with van der Waals surface area (Å²) < 4.78 is 11.4. The number of methoxy groups -OCH3 is 1. The highest BCUT2D eigenvalue weighted by atomic mass is 16.5. The monoisotopic (exact) mass is 614 g/mol. The lowest BCUT2D eigenvalue weighted by atomic mass is 9.57. The molecule has 0 saturated heterocycles. The van der Waals surface area contributed by atoms with Gasteiger partial charge in [-0.1, -0.05) is 12.1 Å². The van der Waals surface area contributed by atoms with Gasteiger partial charge in [-0.2, -0.15) is 0 Å². The zero-order valence-electron chi connectivity index (χ0n) is 25.5. The molecule has 3 aromatic rings. The number of nitrogens with zero attached hydrogens (tertiary/aromatic N) is 3. The molecule has 234 valence electrons. The van der Waals surface area contributed by atoms with E-state index >= 15 is 0 Å². The number of Topliss-reactive ketones (excluding diaryl/α,β-unsaturated/α-hetero) is 2. The minimum absolute atomic E-state index is 0.0571. The Morgan fingerprint density at radius 1 is 1.16 bits per heavy atom. The van der Waals surface area contributed by atoms with Crippen molar-refractivity contribution in [3.8, 4) is 5.75 Å². The fourth-order valence-electron chi connectivity index (χ4n) is 7.08. The van der Waals surface area contributed by atoms with Gasteiger partial charge in [0.1, 0.15) is 28.4 Å². The number of likely N-dealkylation sites (N-methyl/N-ethyl adjacent to an activating group) is 1. The van der Waals surface area contributed by atoms with E-state index in [2.05, 4.69) is 4.98 Å². The lowest BCUT2D eigenvalue weighted by molar-refractivity contribution is -0.153. The second-order valence-electron chi connectivity index (χ2n) is 12.1. The van der Waals surface area contributed by atoms with Crippen LogP contribution in [0.2, 0.25) is 0 Å². The fraction of sp³-hybridized carbons (Fsp3) is 0.333. The molecule has 1 amide bonds. The lowest BCUT2D eigenvalue weighted by Gasteiger charge is -2.50. The van der Waals surface area contributed by atoms with Crippen molar-refractivity contribution >= 4 is 52.2 Å². The van der Waals surface area contributed by atoms with Crippen molar-refractivity contribution in [3.05, 3.63) is 69.8 Å². The average Bonchev–Trinajstić information content (AvgIpc) is 3.40. The molecule has 3 aliphatic carbocycles. The number of carbonyl (C=O) groups is 3. The van der Waals surface area contributed by atoms with Crippen molar-refractivity contribution in [1.82, 2.24) is 9.88 Å². The number of nitrogens with two attached hydrogens (primary N) is 1. The van der Waals surface area contributed by atoms with Gasteiger partial charge in [0.05, 0.1) is 18.7 Å². The number of hydrogen-bond acceptors (Lipinski definition) is 11. The SMILES string of the molecule is COc1cccc(C=Cc2nc3cc(N(C)C)c4c(c3o2)C(O)=C2C(=O)[C@]3(O)C(O)=C(C(N)=O)C(=O)[C@@H](N(C)C)[C@@H]3C[C@@H]2C4)c1. The Morgan fingerprint density at radius 3 is 2.53 bits per heavy atom. The third-order valence-corrected chi connectivity index (χ3v) is 9.09. The van der Waals surface area contributed by atoms with Crippen LogP contribution in [0.25, 0.3) is 29.0 Å². The minimum Gasteiger partial charge on any atom is -0.508 e. The van der Waals surface area contributed by atoms with Gasteiger partial charge in [0.25, 0.3) is 5.91 Å². The van der Waals surface area contributed by atoms with Crippen LogP contribution in [0.15, 0.2) is 51.7 Å². The molecule has 2 aromatic carbocycles. The molecule has 12 nitrogen and oxygen atoms in total. The van der Waals surface area contributed by atoms with Gasteiger partial charge in [-0.25, -0.2) is 4.98 Å². The number of fused-ring (bicyclic) bond motifs is 5. The Bertz CT molecular complexity index is 1880. The fourth-order valence-corrected chi connectivity index (χ4v) is 7.08. The van der Waals surface area contributed by atoms with Crippen LogP contribution in [-0.4, -0.2) is 89.6 Å². The number of primary amides is 1. The standard InChI is InChI=1S/C33H34N4O8/c1-36(2)21-14-20-29(45-22(35-20)10-9-15-7-6-8-17(11-15)44-5)24-18(21)12-16-13-19-26(37(3)4)28(39)25(32(34)42)31(41)33(19,43)30(40)23(16)27(24)38/h6-11,14,16,19,26,38,41,43H,12-13H2,1-5H3,(H2,34,42)/t16-,19-,26-,33-/m0/s1. The molecule has 6 rings (SSSR count). The number of aromatic nitrogens is 1. The number of aliphatic hydroxyl groups excluding tert-OH is 2. The van der Waals surface area contributed by atoms with Crippen LogP contribution < -0.4 is 15.4 Å². The van der Waals surface area contributed by atoms with Crippen LogP contribution in [0.5, 0.6) is 5.75 Å². The van der Waals surface area contributed by atoms with Crippen molar-refractivity contribution in [3.63, 3.8) is 0 Å². The highest BCUT2D eigenvalue weighted by Gasteiger charge is 2.64. The van der Waals surface area contributed by atoms with Crippen molar-refractivity contribution in [2.24, 2.45) is 17.6 Å². The summed E-state index contributed by atoms with van der Waals surface area (Å²) in [5, 5.41) is 34.9. The first-order chi connectivity index (χ1) is 21.3. The number of hydrogen-bond donors (Lipinski definition) is 4. The molecule has 0 aliphatic heterocycles. The van der Waals surface area contributed by atoms with Crippen LogP contribution in [0.3, 0.4) is 0 Å². The number of rotatable bonds is 6. The summed E-state index contributed by atoms with van der Waals surface area (Å²) in [5.41, 5.74) is 5.06. The number of aliphatic hydroxyl groups is 3. The number of oxazole rings is 1. The second kappa shape index (κ2) is 10.6. The summed E-state index contributed by atoms with van der Waals surface area (Å²) in [7, 11) is 8.45. The molecule has 0 spiro atoms. The maximum absolute atomic E-state index is 14.2. The number of amides is 1. The van der Waals surface area contributed by atoms with E-state index in [1.54, 1.807) is 33.4 Å². The van der Waals surface area contributed by atoms with Gasteiger partial charge in [-0.15, -0.1) is 0 Å². The lowest BCUT2D eigenvalue weighted by Crippen LogP contribution is -2.65. The first kappa shape index (κ1) is 30.1. The first-order valence-corrected chi connectivity index (χ1v) is 14.4. The first-order valence-electron chi connectivity index (χ1n) is 14.4. The summed E-state index contributed by atoms with van der Waals surface area (Å²) in [4.78, 5) is 47.8. The summed E-state index contributed by atoms with van der Waals surface area (Å²) in [6, 6.07) is 8.15. The highest BCUT2D eigenvalue weighted by Crippen LogP contribution is 2.53. The summed E-state index contributed by atoms with van der Waals surface area (Å²) in [5.74, 6) is -5.31. The maximum atomic E-state index is 14.2. The number of ketones is 2. The zero-order valence-corrected chi connectivity index (χ0v) is 25.5. The third kappa shape index (κ3) is 4.43. The quantitative estimate of drug-likeness (QED) is 0.300. The molecule has 5 N–H and O–H groups in total. The molecule has 1 aromatic heterocycles. The summed E-state index contributed by atoms with van der Waals surface area (Å²) in [6.07, 6.45) is 3.81. The van der Waals surface area contributed by atoms with E-state index in [1.165, 1.54) is 4.90 Å². The van der Waals surface area contributed by atoms with E-state index in [0.717, 1.165) is 11.3 Å². The molecule has 1 heterocycles. The Morgan fingerprint density at radius 2 is 1.89 bits per heavy atom. The summed E-state index contributed by atoms with van der Waals surface area (Å²) >= 11 is 0. The van der Waals surface area contributed by atoms with Gasteiger partial charge < -0.3 is 35.1 Å². The van der Waals surface area contributed by atoms with Gasteiger partial charge in [0.2, 0.25) is 11.7 Å². The van der Waals surface area contributed by atoms with E-state index in [1.807, 2.05) is 49.3 Å². The minimum atomic E-state index is -2.66. The van der Waals surface area contributed by atoms with Crippen LogP contribution in [0.1, 0.15) is 29.0 Å². The van der Waals surface area contributed by atoms with E-state index in [-0.39, 0.29) is 35.5 Å². The largest absolute Gasteiger partial charge is 0.508 e. The van der Waals surface area contributed by atoms with E-state index in [0.29, 0.717) is 16.8 Å². The Balaban J connectivity index is 1.53. The average molecular weight is 615 g/mol. The van der Waals surface area contributed by atoms with Gasteiger partial charge in [-0.05, 0) is 68.3 Å². The Hall–Kier alpha value is -4.94. The number of carbonyl (C=O) groups excluding carboxylic acids is 3. The van der Waals surface area contributed by atoms with Gasteiger partial charge in [-0.3, -0.25) is 19.3 Å². The molecule has 12 heteroatoms. The predicted octanol–water partition coefficient (Wildman–Crippen LogP) is 2.64. The predicted molar refractivity (Wildman–Crippen MR) is 166 cm³/mol. The van der Waals surface area contributed by atoms with Crippen LogP contribution in [-0.2, 0) is 20.8 Å². The van der Waals surface area contributed by atoms with Crippen LogP contribution >= 0.6 is 0 Å². The zero-order chi connectivity index (χ0) is 32.5. The Labute approximate surface area is 258 Å². The third-order valence-electron chi connectivity index (χ3n) is 9.09. The molecule has 3 aliphatic rings. The molecule has 4 atom stereocenters. The molecule has 0 radical (unpaired) electrons. The van der Waals surface area contributed by atoms with Crippen molar-refractivity contribution < 1.29 is 38.9 Å². The van der Waals surface area contributed by atoms with Crippen molar-refractivity contribution in [2.45, 2.75) is 24.5 Å². The van der Waals surface area contributed by atoms with E-state index in [9.17, 15) is 29.7 Å². The molecule has 0 unspecified atom stereocenters. The maximum Gasteiger partial charge on any atom is 0.255 e. The highest BCUT2D eigenvalue weighted by molar-refractivity contribution is 6.24. The van der Waals surface area contributed by atoms with E-state index < -0.39 is 58.0 Å². The normalized spacial score (nSPS) is 24.7. The van der Waals surface area contributed by atoms with Crippen molar-refractivity contribution in [2.75, 3.05) is 40.2 Å². The molecular formula is C33H34N4O8. The van der Waals surface area contributed by atoms with Crippen LogP contribution in [0.4, 0.5) is 5.69 Å². The number of ether oxygens (including phenoxy) is 1. The smallest absolute Gasteiger partial charge is 0.255 e.